The highest BCUT2D eigenvalue weighted by atomic mass is 16.3. The number of amides is 2. The Kier molecular flexibility index (Phi) is 6.88. The summed E-state index contributed by atoms with van der Waals surface area (Å²) in [6.45, 7) is 11.0. The van der Waals surface area contributed by atoms with Crippen LogP contribution in [0.3, 0.4) is 0 Å². The molecule has 1 fully saturated rings. The van der Waals surface area contributed by atoms with E-state index in [9.17, 15) is 9.90 Å². The topological polar surface area (TPSA) is 55.8 Å². The molecule has 0 spiro atoms. The van der Waals surface area contributed by atoms with Crippen molar-refractivity contribution in [2.75, 3.05) is 26.7 Å². The number of rotatable bonds is 6. The zero-order valence-corrected chi connectivity index (χ0v) is 15.7. The largest absolute Gasteiger partial charge is 0.508 e. The maximum atomic E-state index is 12.5. The number of likely N-dealkylation sites (tertiary alicyclic amines) is 1. The van der Waals surface area contributed by atoms with Gasteiger partial charge < -0.3 is 15.3 Å². The van der Waals surface area contributed by atoms with Gasteiger partial charge in [-0.3, -0.25) is 4.90 Å². The fraction of sp³-hybridized carbons (Fsp3) is 0.550. The second-order valence-corrected chi connectivity index (χ2v) is 7.29. The number of carbonyl (C=O) groups excluding carboxylic acids is 1. The standard InChI is InChI=1S/C20H31N3O2/c1-15(2)14-23-11-9-18(10-12-23)21-20(25)22(4)16(3)13-17-5-7-19(24)8-6-17/h5-8,16,18,24H,1,9-14H2,2-4H3,(H,21,25)/t16-/m0/s1. The molecule has 0 aromatic heterocycles. The van der Waals surface area contributed by atoms with Crippen molar-refractivity contribution in [1.29, 1.82) is 0 Å². The molecule has 1 atom stereocenters. The van der Waals surface area contributed by atoms with Crippen molar-refractivity contribution in [3.8, 4) is 5.75 Å². The van der Waals surface area contributed by atoms with E-state index in [0.29, 0.717) is 0 Å². The molecule has 138 valence electrons. The number of benzene rings is 1. The number of likely N-dealkylation sites (N-methyl/N-ethyl adjacent to an activating group) is 1. The highest BCUT2D eigenvalue weighted by molar-refractivity contribution is 5.74. The smallest absolute Gasteiger partial charge is 0.317 e. The van der Waals surface area contributed by atoms with E-state index in [-0.39, 0.29) is 23.9 Å². The Hall–Kier alpha value is -2.01. The van der Waals surface area contributed by atoms with Gasteiger partial charge in [-0.2, -0.15) is 0 Å². The molecule has 1 aliphatic heterocycles. The third kappa shape index (κ3) is 6.09. The lowest BCUT2D eigenvalue weighted by molar-refractivity contribution is 0.173. The Bertz CT molecular complexity index is 577. The van der Waals surface area contributed by atoms with E-state index in [2.05, 4.69) is 23.7 Å². The maximum Gasteiger partial charge on any atom is 0.317 e. The number of phenolic OH excluding ortho intramolecular Hbond substituents is 1. The molecule has 0 unspecified atom stereocenters. The lowest BCUT2D eigenvalue weighted by Crippen LogP contribution is -2.50. The molecule has 0 radical (unpaired) electrons. The van der Waals surface area contributed by atoms with Crippen LogP contribution in [0.15, 0.2) is 36.4 Å². The predicted molar refractivity (Wildman–Crippen MR) is 102 cm³/mol. The van der Waals surface area contributed by atoms with E-state index in [4.69, 9.17) is 0 Å². The fourth-order valence-electron chi connectivity index (χ4n) is 3.20. The Morgan fingerprint density at radius 3 is 2.52 bits per heavy atom. The van der Waals surface area contributed by atoms with Crippen molar-refractivity contribution in [3.63, 3.8) is 0 Å². The van der Waals surface area contributed by atoms with Crippen LogP contribution in [0.4, 0.5) is 4.79 Å². The number of nitrogens with zero attached hydrogens (tertiary/aromatic N) is 2. The first kappa shape index (κ1) is 19.3. The van der Waals surface area contributed by atoms with Gasteiger partial charge in [0.25, 0.3) is 0 Å². The van der Waals surface area contributed by atoms with Crippen LogP contribution in [-0.4, -0.2) is 59.7 Å². The second kappa shape index (κ2) is 8.90. The molecule has 1 aliphatic rings. The molecule has 2 N–H and O–H groups in total. The molecule has 1 aromatic carbocycles. The Morgan fingerprint density at radius 2 is 1.96 bits per heavy atom. The minimum Gasteiger partial charge on any atom is -0.508 e. The van der Waals surface area contributed by atoms with Gasteiger partial charge in [0.1, 0.15) is 5.75 Å². The van der Waals surface area contributed by atoms with Crippen molar-refractivity contribution in [2.45, 2.75) is 45.2 Å². The van der Waals surface area contributed by atoms with Crippen LogP contribution in [0.25, 0.3) is 0 Å². The van der Waals surface area contributed by atoms with Gasteiger partial charge in [0.15, 0.2) is 0 Å². The number of hydrogen-bond donors (Lipinski definition) is 2. The molecular weight excluding hydrogens is 314 g/mol. The molecule has 0 aliphatic carbocycles. The van der Waals surface area contributed by atoms with Crippen molar-refractivity contribution in [3.05, 3.63) is 42.0 Å². The van der Waals surface area contributed by atoms with Gasteiger partial charge in [0, 0.05) is 38.8 Å². The molecule has 25 heavy (non-hydrogen) atoms. The average molecular weight is 345 g/mol. The van der Waals surface area contributed by atoms with Crippen LogP contribution in [0.5, 0.6) is 5.75 Å². The number of urea groups is 1. The molecule has 1 aromatic rings. The number of phenols is 1. The van der Waals surface area contributed by atoms with Crippen molar-refractivity contribution in [1.82, 2.24) is 15.1 Å². The Labute approximate surface area is 151 Å². The monoisotopic (exact) mass is 345 g/mol. The number of piperidine rings is 1. The summed E-state index contributed by atoms with van der Waals surface area (Å²) in [4.78, 5) is 16.7. The van der Waals surface area contributed by atoms with E-state index in [0.717, 1.165) is 44.5 Å². The highest BCUT2D eigenvalue weighted by Crippen LogP contribution is 2.15. The molecule has 2 amide bonds. The fourth-order valence-corrected chi connectivity index (χ4v) is 3.20. The molecule has 2 rings (SSSR count). The lowest BCUT2D eigenvalue weighted by Gasteiger charge is -2.34. The number of carbonyl (C=O) groups is 1. The molecule has 1 heterocycles. The zero-order valence-electron chi connectivity index (χ0n) is 15.7. The predicted octanol–water partition coefficient (Wildman–Crippen LogP) is 3.01. The SMILES string of the molecule is C=C(C)CN1CCC(NC(=O)N(C)[C@@H](C)Cc2ccc(O)cc2)CC1. The van der Waals surface area contributed by atoms with Crippen LogP contribution in [0.2, 0.25) is 0 Å². The normalized spacial score (nSPS) is 17.1. The van der Waals surface area contributed by atoms with Gasteiger partial charge in [0.2, 0.25) is 0 Å². The van der Waals surface area contributed by atoms with E-state index in [1.54, 1.807) is 17.0 Å². The molecule has 1 saturated heterocycles. The van der Waals surface area contributed by atoms with Gasteiger partial charge in [-0.25, -0.2) is 4.79 Å². The Balaban J connectivity index is 1.78. The summed E-state index contributed by atoms with van der Waals surface area (Å²) in [6, 6.07) is 7.49. The summed E-state index contributed by atoms with van der Waals surface area (Å²) in [6.07, 6.45) is 2.74. The third-order valence-electron chi connectivity index (χ3n) is 4.86. The number of hydrogen-bond acceptors (Lipinski definition) is 3. The van der Waals surface area contributed by atoms with Gasteiger partial charge in [-0.05, 0) is 50.8 Å². The summed E-state index contributed by atoms with van der Waals surface area (Å²) in [5.74, 6) is 0.264. The molecule has 0 saturated carbocycles. The lowest BCUT2D eigenvalue weighted by atomic mass is 10.0. The first-order valence-corrected chi connectivity index (χ1v) is 9.03. The van der Waals surface area contributed by atoms with Gasteiger partial charge in [0.05, 0.1) is 0 Å². The molecule has 0 bridgehead atoms. The minimum atomic E-state index is -0.00960. The van der Waals surface area contributed by atoms with Crippen molar-refractivity contribution in [2.24, 2.45) is 0 Å². The van der Waals surface area contributed by atoms with E-state index in [1.165, 1.54) is 5.57 Å². The van der Waals surface area contributed by atoms with Gasteiger partial charge >= 0.3 is 6.03 Å². The second-order valence-electron chi connectivity index (χ2n) is 7.29. The summed E-state index contributed by atoms with van der Waals surface area (Å²) < 4.78 is 0. The van der Waals surface area contributed by atoms with Crippen LogP contribution >= 0.6 is 0 Å². The first-order chi connectivity index (χ1) is 11.8. The third-order valence-corrected chi connectivity index (χ3v) is 4.86. The van der Waals surface area contributed by atoms with Gasteiger partial charge in [-0.15, -0.1) is 0 Å². The zero-order chi connectivity index (χ0) is 18.4. The van der Waals surface area contributed by atoms with Crippen LogP contribution < -0.4 is 5.32 Å². The summed E-state index contributed by atoms with van der Waals surface area (Å²) in [5.41, 5.74) is 2.29. The van der Waals surface area contributed by atoms with Gasteiger partial charge in [-0.1, -0.05) is 24.3 Å². The quantitative estimate of drug-likeness (QED) is 0.779. The summed E-state index contributed by atoms with van der Waals surface area (Å²) in [5, 5.41) is 12.5. The van der Waals surface area contributed by atoms with E-state index < -0.39 is 0 Å². The minimum absolute atomic E-state index is 0.00960. The van der Waals surface area contributed by atoms with Crippen LogP contribution in [-0.2, 0) is 6.42 Å². The van der Waals surface area contributed by atoms with Crippen molar-refractivity contribution >= 4 is 6.03 Å². The summed E-state index contributed by atoms with van der Waals surface area (Å²) >= 11 is 0. The highest BCUT2D eigenvalue weighted by Gasteiger charge is 2.23. The van der Waals surface area contributed by atoms with E-state index >= 15 is 0 Å². The first-order valence-electron chi connectivity index (χ1n) is 9.03. The maximum absolute atomic E-state index is 12.5. The average Bonchev–Trinajstić information content (AvgIpc) is 2.57. The number of aromatic hydroxyl groups is 1. The molecule has 5 nitrogen and oxygen atoms in total. The molecule has 5 heteroatoms. The van der Waals surface area contributed by atoms with Crippen LogP contribution in [0.1, 0.15) is 32.3 Å². The summed E-state index contributed by atoms with van der Waals surface area (Å²) in [7, 11) is 1.84. The van der Waals surface area contributed by atoms with Crippen LogP contribution in [0, 0.1) is 0 Å². The number of nitrogens with one attached hydrogen (secondary N) is 1. The van der Waals surface area contributed by atoms with E-state index in [1.807, 2.05) is 26.1 Å². The van der Waals surface area contributed by atoms with Crippen molar-refractivity contribution < 1.29 is 9.90 Å². The molecular formula is C20H31N3O2. The Morgan fingerprint density at radius 1 is 1.36 bits per heavy atom.